The third kappa shape index (κ3) is 24.7. The summed E-state index contributed by atoms with van der Waals surface area (Å²) in [5, 5.41) is 15.0. The van der Waals surface area contributed by atoms with Crippen molar-refractivity contribution in [2.45, 2.75) is 19.8 Å². The Bertz CT molecular complexity index is 123. The lowest BCUT2D eigenvalue weighted by Gasteiger charge is -1.95. The highest BCUT2D eigenvalue weighted by atomic mass is 16.5. The monoisotopic (exact) mass is 190 g/mol. The Balaban J connectivity index is 0. The summed E-state index contributed by atoms with van der Waals surface area (Å²) in [5.74, 6) is -1.19. The molecule has 0 unspecified atom stereocenters. The zero-order valence-corrected chi connectivity index (χ0v) is 8.03. The molecular weight excluding hydrogens is 172 g/mol. The zero-order chi connectivity index (χ0) is 10.5. The molecule has 13 heavy (non-hydrogen) atoms. The summed E-state index contributed by atoms with van der Waals surface area (Å²) in [5.41, 5.74) is 0. The highest BCUT2D eigenvalue weighted by molar-refractivity contribution is 5.67. The highest BCUT2D eigenvalue weighted by Gasteiger charge is 1.82. The van der Waals surface area contributed by atoms with Gasteiger partial charge in [-0.1, -0.05) is 19.4 Å². The molecule has 0 aromatic carbocycles. The Hall–Kier alpha value is -0.870. The van der Waals surface area contributed by atoms with E-state index in [-0.39, 0.29) is 0 Å². The van der Waals surface area contributed by atoms with E-state index in [1.165, 1.54) is 6.42 Å². The average molecular weight is 190 g/mol. The molecule has 0 radical (unpaired) electrons. The van der Waals surface area contributed by atoms with Crippen LogP contribution in [0.2, 0.25) is 0 Å². The van der Waals surface area contributed by atoms with E-state index in [1.807, 2.05) is 0 Å². The van der Waals surface area contributed by atoms with Gasteiger partial charge in [0, 0.05) is 6.61 Å². The van der Waals surface area contributed by atoms with E-state index in [9.17, 15) is 0 Å². The number of carboxylic acid groups (broad SMARTS) is 1. The van der Waals surface area contributed by atoms with Crippen molar-refractivity contribution in [3.05, 3.63) is 12.7 Å². The summed E-state index contributed by atoms with van der Waals surface area (Å²) in [6.45, 7) is 6.48. The molecule has 0 aliphatic rings. The molecule has 0 aromatic heterocycles. The van der Waals surface area contributed by atoms with Crippen LogP contribution in [-0.4, -0.2) is 36.0 Å². The van der Waals surface area contributed by atoms with Gasteiger partial charge in [-0.15, -0.1) is 6.58 Å². The lowest BCUT2D eigenvalue weighted by molar-refractivity contribution is -0.140. The van der Waals surface area contributed by atoms with Crippen LogP contribution >= 0.6 is 0 Å². The molecule has 0 aromatic rings. The second-order valence-electron chi connectivity index (χ2n) is 2.27. The van der Waals surface area contributed by atoms with Gasteiger partial charge in [-0.2, -0.15) is 0 Å². The van der Waals surface area contributed by atoms with Gasteiger partial charge in [-0.3, -0.25) is 0 Å². The predicted molar refractivity (Wildman–Crippen MR) is 50.6 cm³/mol. The summed E-state index contributed by atoms with van der Waals surface area (Å²) in [4.78, 5) is 9.12. The number of aliphatic carboxylic acids is 1. The maximum absolute atomic E-state index is 9.12. The fourth-order valence-corrected chi connectivity index (χ4v) is 0.413. The molecule has 0 atom stereocenters. The summed E-state index contributed by atoms with van der Waals surface area (Å²) in [6.07, 6.45) is 4.14. The molecule has 2 N–H and O–H groups in total. The van der Waals surface area contributed by atoms with Gasteiger partial charge in [-0.25, -0.2) is 4.79 Å². The molecule has 0 amide bonds. The van der Waals surface area contributed by atoms with Crippen molar-refractivity contribution in [3.63, 3.8) is 0 Å². The fourth-order valence-electron chi connectivity index (χ4n) is 0.413. The molecule has 0 saturated carbocycles. The molecule has 0 rings (SSSR count). The Morgan fingerprint density at radius 3 is 2.46 bits per heavy atom. The zero-order valence-electron chi connectivity index (χ0n) is 8.03. The smallest absolute Gasteiger partial charge is 0.329 e. The molecule has 0 aliphatic heterocycles. The van der Waals surface area contributed by atoms with Crippen LogP contribution in [0.3, 0.4) is 0 Å². The second-order valence-corrected chi connectivity index (χ2v) is 2.27. The van der Waals surface area contributed by atoms with Gasteiger partial charge in [0.15, 0.2) is 0 Å². The topological polar surface area (TPSA) is 66.8 Å². The van der Waals surface area contributed by atoms with Gasteiger partial charge in [-0.05, 0) is 6.42 Å². The number of hydrogen-bond donors (Lipinski definition) is 2. The molecule has 0 bridgehead atoms. The van der Waals surface area contributed by atoms with Gasteiger partial charge < -0.3 is 14.9 Å². The van der Waals surface area contributed by atoms with Crippen LogP contribution in [0.15, 0.2) is 12.7 Å². The standard InChI is InChI=1S/C7H14O.C2H4O3/c1-3-5-7-8-6-4-2;3-1-2(4)5/h4H,2-3,5-7H2,1H3;3H,1H2,(H,4,5). The SMILES string of the molecule is C=CCOCCCC.O=C(O)CO. The van der Waals surface area contributed by atoms with Crippen molar-refractivity contribution in [1.29, 1.82) is 0 Å². The Morgan fingerprint density at radius 1 is 1.62 bits per heavy atom. The quantitative estimate of drug-likeness (QED) is 0.485. The van der Waals surface area contributed by atoms with Crippen LogP contribution < -0.4 is 0 Å². The van der Waals surface area contributed by atoms with Gasteiger partial charge in [0.2, 0.25) is 0 Å². The van der Waals surface area contributed by atoms with Crippen LogP contribution in [0.25, 0.3) is 0 Å². The molecule has 4 nitrogen and oxygen atoms in total. The average Bonchev–Trinajstić information content (AvgIpc) is 2.14. The Kier molecular flexibility index (Phi) is 15.4. The Morgan fingerprint density at radius 2 is 2.15 bits per heavy atom. The first-order valence-electron chi connectivity index (χ1n) is 4.20. The van der Waals surface area contributed by atoms with Gasteiger partial charge in [0.1, 0.15) is 6.61 Å². The number of ether oxygens (including phenoxy) is 1. The normalized spacial score (nSPS) is 8.46. The minimum Gasteiger partial charge on any atom is -0.480 e. The maximum atomic E-state index is 9.12. The first-order valence-corrected chi connectivity index (χ1v) is 4.20. The molecule has 0 aliphatic carbocycles. The van der Waals surface area contributed by atoms with Crippen LogP contribution in [0.1, 0.15) is 19.8 Å². The summed E-state index contributed by atoms with van der Waals surface area (Å²) >= 11 is 0. The first-order chi connectivity index (χ1) is 6.18. The minimum absolute atomic E-state index is 0.694. The van der Waals surface area contributed by atoms with E-state index < -0.39 is 12.6 Å². The predicted octanol–water partition coefficient (Wildman–Crippen LogP) is 1.05. The molecule has 0 spiro atoms. The van der Waals surface area contributed by atoms with Gasteiger partial charge >= 0.3 is 5.97 Å². The summed E-state index contributed by atoms with van der Waals surface area (Å²) < 4.78 is 5.11. The molecule has 0 heterocycles. The van der Waals surface area contributed by atoms with Crippen LogP contribution in [0.5, 0.6) is 0 Å². The molecule has 0 saturated heterocycles. The van der Waals surface area contributed by atoms with E-state index in [2.05, 4.69) is 13.5 Å². The fraction of sp³-hybridized carbons (Fsp3) is 0.667. The van der Waals surface area contributed by atoms with Crippen LogP contribution in [0, 0.1) is 0 Å². The van der Waals surface area contributed by atoms with Crippen molar-refractivity contribution in [2.75, 3.05) is 19.8 Å². The number of rotatable bonds is 6. The van der Waals surface area contributed by atoms with Crippen molar-refractivity contribution < 1.29 is 19.7 Å². The lowest BCUT2D eigenvalue weighted by atomic mass is 10.4. The first kappa shape index (κ1) is 14.6. The van der Waals surface area contributed by atoms with E-state index in [0.29, 0.717) is 6.61 Å². The van der Waals surface area contributed by atoms with Crippen molar-refractivity contribution >= 4 is 5.97 Å². The molecule has 78 valence electrons. The van der Waals surface area contributed by atoms with E-state index in [4.69, 9.17) is 19.7 Å². The maximum Gasteiger partial charge on any atom is 0.329 e. The van der Waals surface area contributed by atoms with Crippen LogP contribution in [0.4, 0.5) is 0 Å². The number of unbranched alkanes of at least 4 members (excludes halogenated alkanes) is 1. The van der Waals surface area contributed by atoms with E-state index in [1.54, 1.807) is 6.08 Å². The molecule has 0 fully saturated rings. The lowest BCUT2D eigenvalue weighted by Crippen LogP contribution is -1.98. The number of carbonyl (C=O) groups is 1. The Labute approximate surface area is 78.8 Å². The largest absolute Gasteiger partial charge is 0.480 e. The summed E-state index contributed by atoms with van der Waals surface area (Å²) in [6, 6.07) is 0. The van der Waals surface area contributed by atoms with E-state index >= 15 is 0 Å². The van der Waals surface area contributed by atoms with Crippen molar-refractivity contribution in [1.82, 2.24) is 0 Å². The van der Waals surface area contributed by atoms with Crippen LogP contribution in [-0.2, 0) is 9.53 Å². The third-order valence-corrected chi connectivity index (χ3v) is 1.01. The number of aliphatic hydroxyl groups excluding tert-OH is 1. The van der Waals surface area contributed by atoms with E-state index in [0.717, 1.165) is 13.0 Å². The molecule has 4 heteroatoms. The summed E-state index contributed by atoms with van der Waals surface area (Å²) in [7, 11) is 0. The van der Waals surface area contributed by atoms with Crippen molar-refractivity contribution in [3.8, 4) is 0 Å². The number of aliphatic hydroxyl groups is 1. The second kappa shape index (κ2) is 13.7. The van der Waals surface area contributed by atoms with Gasteiger partial charge in [0.05, 0.1) is 6.61 Å². The van der Waals surface area contributed by atoms with Crippen molar-refractivity contribution in [2.24, 2.45) is 0 Å². The molecular formula is C9H18O4. The minimum atomic E-state index is -1.19. The third-order valence-electron chi connectivity index (χ3n) is 1.01. The number of hydrogen-bond acceptors (Lipinski definition) is 3. The highest BCUT2D eigenvalue weighted by Crippen LogP contribution is 1.86. The number of carboxylic acids is 1. The van der Waals surface area contributed by atoms with Gasteiger partial charge in [0.25, 0.3) is 0 Å².